The molecule has 3 heteroatoms. The van der Waals surface area contributed by atoms with Crippen molar-refractivity contribution in [1.29, 1.82) is 0 Å². The molecular formula is C12H26N2O. The van der Waals surface area contributed by atoms with Gasteiger partial charge in [0, 0.05) is 26.2 Å². The van der Waals surface area contributed by atoms with E-state index in [1.807, 2.05) is 0 Å². The molecule has 0 radical (unpaired) electrons. The number of hydrogen-bond donors (Lipinski definition) is 1. The van der Waals surface area contributed by atoms with E-state index in [0.29, 0.717) is 11.5 Å². The molecule has 90 valence electrons. The monoisotopic (exact) mass is 214 g/mol. The average Bonchev–Trinajstić information content (AvgIpc) is 2.54. The molecule has 3 nitrogen and oxygen atoms in total. The van der Waals surface area contributed by atoms with E-state index >= 15 is 0 Å². The minimum absolute atomic E-state index is 0.323. The smallest absolute Gasteiger partial charge is 0.0589 e. The minimum atomic E-state index is 0.323. The molecule has 2 atom stereocenters. The first kappa shape index (κ1) is 12.9. The van der Waals surface area contributed by atoms with E-state index in [-0.39, 0.29) is 0 Å². The predicted molar refractivity (Wildman–Crippen MR) is 63.9 cm³/mol. The van der Waals surface area contributed by atoms with Crippen LogP contribution in [-0.2, 0) is 4.74 Å². The van der Waals surface area contributed by atoms with Crippen molar-refractivity contribution in [2.75, 3.05) is 33.4 Å². The summed E-state index contributed by atoms with van der Waals surface area (Å²) < 4.78 is 5.13. The molecule has 1 aliphatic carbocycles. The third kappa shape index (κ3) is 3.44. The van der Waals surface area contributed by atoms with E-state index < -0.39 is 0 Å². The fraction of sp³-hybridized carbons (Fsp3) is 1.00. The zero-order valence-corrected chi connectivity index (χ0v) is 10.5. The molecule has 0 aromatic rings. The first-order chi connectivity index (χ1) is 7.12. The zero-order chi connectivity index (χ0) is 11.3. The molecule has 2 unspecified atom stereocenters. The maximum Gasteiger partial charge on any atom is 0.0589 e. The number of nitrogens with two attached hydrogens (primary N) is 1. The lowest BCUT2D eigenvalue weighted by atomic mass is 9.84. The van der Waals surface area contributed by atoms with Crippen LogP contribution in [0.1, 0.15) is 33.1 Å². The Morgan fingerprint density at radius 1 is 1.53 bits per heavy atom. The van der Waals surface area contributed by atoms with Gasteiger partial charge < -0.3 is 15.4 Å². The van der Waals surface area contributed by atoms with Crippen LogP contribution in [0.5, 0.6) is 0 Å². The highest BCUT2D eigenvalue weighted by molar-refractivity contribution is 4.93. The Hall–Kier alpha value is -0.120. The standard InChI is InChI=1S/C12H26N2O/c1-4-14(8-9-15-3)10-12(2)7-5-6-11(12)13/h11H,4-10,13H2,1-3H3. The van der Waals surface area contributed by atoms with Crippen LogP contribution in [0.15, 0.2) is 0 Å². The molecule has 0 spiro atoms. The van der Waals surface area contributed by atoms with Gasteiger partial charge in [-0.25, -0.2) is 0 Å². The first-order valence-electron chi connectivity index (χ1n) is 6.09. The molecule has 0 amide bonds. The zero-order valence-electron chi connectivity index (χ0n) is 10.5. The highest BCUT2D eigenvalue weighted by Gasteiger charge is 2.37. The van der Waals surface area contributed by atoms with Gasteiger partial charge in [-0.2, -0.15) is 0 Å². The maximum atomic E-state index is 6.19. The van der Waals surface area contributed by atoms with Gasteiger partial charge in [0.1, 0.15) is 0 Å². The van der Waals surface area contributed by atoms with Crippen molar-refractivity contribution in [3.8, 4) is 0 Å². The van der Waals surface area contributed by atoms with Crippen LogP contribution in [-0.4, -0.2) is 44.3 Å². The Bertz CT molecular complexity index is 186. The number of methoxy groups -OCH3 is 1. The number of ether oxygens (including phenoxy) is 1. The fourth-order valence-corrected chi connectivity index (χ4v) is 2.54. The van der Waals surface area contributed by atoms with Crippen molar-refractivity contribution in [2.45, 2.75) is 39.2 Å². The summed E-state index contributed by atoms with van der Waals surface area (Å²) in [7, 11) is 1.76. The van der Waals surface area contributed by atoms with Crippen molar-refractivity contribution in [3.05, 3.63) is 0 Å². The second kappa shape index (κ2) is 5.83. The lowest BCUT2D eigenvalue weighted by Gasteiger charge is -2.35. The van der Waals surface area contributed by atoms with Gasteiger partial charge >= 0.3 is 0 Å². The molecule has 0 heterocycles. The summed E-state index contributed by atoms with van der Waals surface area (Å²) in [5.41, 5.74) is 6.51. The lowest BCUT2D eigenvalue weighted by molar-refractivity contribution is 0.111. The SMILES string of the molecule is CCN(CCOC)CC1(C)CCCC1N. The normalized spacial score (nSPS) is 31.4. The van der Waals surface area contributed by atoms with Gasteiger partial charge in [0.2, 0.25) is 0 Å². The summed E-state index contributed by atoms with van der Waals surface area (Å²) >= 11 is 0. The maximum absolute atomic E-state index is 6.19. The van der Waals surface area contributed by atoms with Gasteiger partial charge in [-0.15, -0.1) is 0 Å². The quantitative estimate of drug-likeness (QED) is 0.728. The summed E-state index contributed by atoms with van der Waals surface area (Å²) in [5, 5.41) is 0. The Labute approximate surface area is 94.0 Å². The molecule has 2 N–H and O–H groups in total. The highest BCUT2D eigenvalue weighted by atomic mass is 16.5. The number of likely N-dealkylation sites (N-methyl/N-ethyl adjacent to an activating group) is 1. The first-order valence-corrected chi connectivity index (χ1v) is 6.09. The van der Waals surface area contributed by atoms with Crippen LogP contribution in [0.25, 0.3) is 0 Å². The molecule has 0 bridgehead atoms. The highest BCUT2D eigenvalue weighted by Crippen LogP contribution is 2.37. The van der Waals surface area contributed by atoms with Crippen LogP contribution in [0.2, 0.25) is 0 Å². The van der Waals surface area contributed by atoms with E-state index in [2.05, 4.69) is 18.7 Å². The van der Waals surface area contributed by atoms with Gasteiger partial charge in [0.25, 0.3) is 0 Å². The van der Waals surface area contributed by atoms with Gasteiger partial charge in [-0.05, 0) is 24.8 Å². The van der Waals surface area contributed by atoms with Crippen LogP contribution in [0.4, 0.5) is 0 Å². The third-order valence-corrected chi connectivity index (χ3v) is 3.80. The van der Waals surface area contributed by atoms with Gasteiger partial charge in [0.05, 0.1) is 6.61 Å². The van der Waals surface area contributed by atoms with E-state index in [4.69, 9.17) is 10.5 Å². The molecule has 1 rings (SSSR count). The summed E-state index contributed by atoms with van der Waals surface area (Å²) in [6, 6.07) is 0.383. The Kier molecular flexibility index (Phi) is 5.03. The van der Waals surface area contributed by atoms with Crippen molar-refractivity contribution >= 4 is 0 Å². The van der Waals surface area contributed by atoms with Gasteiger partial charge in [0.15, 0.2) is 0 Å². The molecule has 0 aromatic heterocycles. The van der Waals surface area contributed by atoms with Crippen molar-refractivity contribution in [3.63, 3.8) is 0 Å². The fourth-order valence-electron chi connectivity index (χ4n) is 2.54. The largest absolute Gasteiger partial charge is 0.383 e. The molecule has 1 saturated carbocycles. The molecule has 0 aliphatic heterocycles. The van der Waals surface area contributed by atoms with E-state index in [1.165, 1.54) is 19.3 Å². The number of rotatable bonds is 6. The third-order valence-electron chi connectivity index (χ3n) is 3.80. The Balaban J connectivity index is 2.42. The molecule has 0 saturated heterocycles. The van der Waals surface area contributed by atoms with Crippen molar-refractivity contribution < 1.29 is 4.74 Å². The van der Waals surface area contributed by atoms with Gasteiger partial charge in [-0.1, -0.05) is 20.3 Å². The Morgan fingerprint density at radius 2 is 2.27 bits per heavy atom. The number of hydrogen-bond acceptors (Lipinski definition) is 3. The van der Waals surface area contributed by atoms with Crippen LogP contribution in [0.3, 0.4) is 0 Å². The van der Waals surface area contributed by atoms with Crippen LogP contribution in [0, 0.1) is 5.41 Å². The van der Waals surface area contributed by atoms with E-state index in [9.17, 15) is 0 Å². The predicted octanol–water partition coefficient (Wildman–Crippen LogP) is 1.47. The van der Waals surface area contributed by atoms with E-state index in [1.54, 1.807) is 7.11 Å². The summed E-state index contributed by atoms with van der Waals surface area (Å²) in [4.78, 5) is 2.45. The molecule has 1 aliphatic rings. The molecule has 0 aromatic carbocycles. The molecular weight excluding hydrogens is 188 g/mol. The summed E-state index contributed by atoms with van der Waals surface area (Å²) in [6.45, 7) is 8.59. The minimum Gasteiger partial charge on any atom is -0.383 e. The second-order valence-electron chi connectivity index (χ2n) is 5.01. The van der Waals surface area contributed by atoms with Crippen molar-refractivity contribution in [1.82, 2.24) is 4.90 Å². The Morgan fingerprint density at radius 3 is 2.73 bits per heavy atom. The summed E-state index contributed by atoms with van der Waals surface area (Å²) in [6.07, 6.45) is 3.76. The average molecular weight is 214 g/mol. The second-order valence-corrected chi connectivity index (χ2v) is 5.01. The van der Waals surface area contributed by atoms with E-state index in [0.717, 1.165) is 26.2 Å². The summed E-state index contributed by atoms with van der Waals surface area (Å²) in [5.74, 6) is 0. The van der Waals surface area contributed by atoms with Crippen LogP contribution < -0.4 is 5.73 Å². The topological polar surface area (TPSA) is 38.5 Å². The van der Waals surface area contributed by atoms with Gasteiger partial charge in [-0.3, -0.25) is 0 Å². The van der Waals surface area contributed by atoms with Crippen LogP contribution >= 0.6 is 0 Å². The molecule has 1 fully saturated rings. The number of nitrogens with zero attached hydrogens (tertiary/aromatic N) is 1. The lowest BCUT2D eigenvalue weighted by Crippen LogP contribution is -2.45. The van der Waals surface area contributed by atoms with Crippen molar-refractivity contribution in [2.24, 2.45) is 11.1 Å². The molecule has 15 heavy (non-hydrogen) atoms.